The van der Waals surface area contributed by atoms with Crippen LogP contribution in [0.3, 0.4) is 0 Å². The molecule has 5 nitrogen and oxygen atoms in total. The normalized spacial score (nSPS) is 14.6. The van der Waals surface area contributed by atoms with Crippen molar-refractivity contribution in [3.05, 3.63) is 83.0 Å². The summed E-state index contributed by atoms with van der Waals surface area (Å²) in [4.78, 5) is 19.7. The van der Waals surface area contributed by atoms with E-state index in [1.54, 1.807) is 12.3 Å². The van der Waals surface area contributed by atoms with Crippen LogP contribution in [-0.2, 0) is 13.0 Å². The Morgan fingerprint density at radius 1 is 1.10 bits per heavy atom. The third-order valence-electron chi connectivity index (χ3n) is 6.30. The molecule has 1 aliphatic heterocycles. The molecule has 0 atom stereocenters. The summed E-state index contributed by atoms with van der Waals surface area (Å²) in [5.74, 6) is 1.10. The van der Waals surface area contributed by atoms with Crippen molar-refractivity contribution in [3.63, 3.8) is 0 Å². The van der Waals surface area contributed by atoms with Crippen LogP contribution in [0.4, 0.5) is 5.82 Å². The molecule has 160 valence electrons. The van der Waals surface area contributed by atoms with E-state index < -0.39 is 0 Å². The summed E-state index contributed by atoms with van der Waals surface area (Å²) in [6, 6.07) is 18.3. The highest BCUT2D eigenvalue weighted by molar-refractivity contribution is 5.97. The minimum absolute atomic E-state index is 0.122. The lowest BCUT2D eigenvalue weighted by molar-refractivity contribution is 0.0712. The third-order valence-corrected chi connectivity index (χ3v) is 6.30. The maximum absolute atomic E-state index is 13.4. The van der Waals surface area contributed by atoms with E-state index >= 15 is 0 Å². The Hall–Kier alpha value is -3.18. The number of benzene rings is 2. The van der Waals surface area contributed by atoms with Crippen molar-refractivity contribution in [2.24, 2.45) is 5.73 Å². The van der Waals surface area contributed by atoms with Gasteiger partial charge in [0.25, 0.3) is 5.91 Å². The predicted molar refractivity (Wildman–Crippen MR) is 126 cm³/mol. The zero-order valence-corrected chi connectivity index (χ0v) is 18.1. The fraction of sp³-hybridized carbons (Fsp3) is 0.308. The lowest BCUT2D eigenvalue weighted by Crippen LogP contribution is -2.38. The van der Waals surface area contributed by atoms with Crippen LogP contribution in [-0.4, -0.2) is 28.9 Å². The van der Waals surface area contributed by atoms with Crippen LogP contribution in [0.1, 0.15) is 52.7 Å². The summed E-state index contributed by atoms with van der Waals surface area (Å²) in [6.45, 7) is 4.20. The zero-order valence-electron chi connectivity index (χ0n) is 18.1. The second-order valence-electron chi connectivity index (χ2n) is 8.17. The number of hydrogen-bond donors (Lipinski definition) is 2. The molecule has 5 heteroatoms. The van der Waals surface area contributed by atoms with Crippen LogP contribution in [0.5, 0.6) is 0 Å². The molecule has 0 spiro atoms. The third kappa shape index (κ3) is 4.47. The second-order valence-corrected chi connectivity index (χ2v) is 8.17. The minimum atomic E-state index is 0.122. The molecule has 0 unspecified atom stereocenters. The SMILES string of the molecule is CCc1c(C(=O)N2CCC(c3cccc(CN)c3)CC2)cccc1-c1ccc(N)nc1. The van der Waals surface area contributed by atoms with Gasteiger partial charge in [-0.3, -0.25) is 4.79 Å². The van der Waals surface area contributed by atoms with Crippen LogP contribution >= 0.6 is 0 Å². The number of nitrogen functional groups attached to an aromatic ring is 1. The molecule has 0 radical (unpaired) electrons. The Morgan fingerprint density at radius 2 is 1.87 bits per heavy atom. The molecule has 0 aliphatic carbocycles. The number of nitrogens with two attached hydrogens (primary N) is 2. The minimum Gasteiger partial charge on any atom is -0.384 e. The number of carbonyl (C=O) groups excluding carboxylic acids is 1. The first kappa shape index (κ1) is 21.1. The maximum atomic E-state index is 13.4. The average molecular weight is 415 g/mol. The lowest BCUT2D eigenvalue weighted by atomic mass is 9.88. The maximum Gasteiger partial charge on any atom is 0.254 e. The summed E-state index contributed by atoms with van der Waals surface area (Å²) in [7, 11) is 0. The Kier molecular flexibility index (Phi) is 6.33. The van der Waals surface area contributed by atoms with E-state index in [2.05, 4.69) is 42.2 Å². The number of anilines is 1. The van der Waals surface area contributed by atoms with Crippen molar-refractivity contribution in [1.29, 1.82) is 0 Å². The highest BCUT2D eigenvalue weighted by Crippen LogP contribution is 2.31. The number of aromatic nitrogens is 1. The number of amides is 1. The van der Waals surface area contributed by atoms with Crippen LogP contribution in [0.15, 0.2) is 60.8 Å². The first-order chi connectivity index (χ1) is 15.1. The summed E-state index contributed by atoms with van der Waals surface area (Å²) in [6.07, 6.45) is 4.51. The highest BCUT2D eigenvalue weighted by Gasteiger charge is 2.26. The van der Waals surface area contributed by atoms with Gasteiger partial charge in [-0.2, -0.15) is 0 Å². The molecule has 31 heavy (non-hydrogen) atoms. The van der Waals surface area contributed by atoms with Gasteiger partial charge in [0.2, 0.25) is 0 Å². The zero-order chi connectivity index (χ0) is 21.8. The van der Waals surface area contributed by atoms with Gasteiger partial charge in [-0.25, -0.2) is 4.98 Å². The first-order valence-corrected chi connectivity index (χ1v) is 11.0. The first-order valence-electron chi connectivity index (χ1n) is 11.0. The number of hydrogen-bond acceptors (Lipinski definition) is 4. The van der Waals surface area contributed by atoms with Gasteiger partial charge in [0, 0.05) is 37.0 Å². The van der Waals surface area contributed by atoms with E-state index in [-0.39, 0.29) is 5.91 Å². The van der Waals surface area contributed by atoms with Crippen molar-refractivity contribution in [1.82, 2.24) is 9.88 Å². The van der Waals surface area contributed by atoms with Crippen molar-refractivity contribution in [2.45, 2.75) is 38.6 Å². The van der Waals surface area contributed by atoms with E-state index in [0.29, 0.717) is 18.3 Å². The smallest absolute Gasteiger partial charge is 0.254 e. The van der Waals surface area contributed by atoms with Crippen molar-refractivity contribution in [3.8, 4) is 11.1 Å². The highest BCUT2D eigenvalue weighted by atomic mass is 16.2. The number of piperidine rings is 1. The van der Waals surface area contributed by atoms with Crippen molar-refractivity contribution >= 4 is 11.7 Å². The van der Waals surface area contributed by atoms with E-state index in [9.17, 15) is 4.79 Å². The molecular weight excluding hydrogens is 384 g/mol. The Balaban J connectivity index is 1.52. The second kappa shape index (κ2) is 9.31. The molecule has 1 amide bonds. The van der Waals surface area contributed by atoms with E-state index in [0.717, 1.165) is 60.2 Å². The molecule has 4 N–H and O–H groups in total. The fourth-order valence-corrected chi connectivity index (χ4v) is 4.56. The predicted octanol–water partition coefficient (Wildman–Crippen LogP) is 4.37. The Labute approximate surface area is 184 Å². The molecule has 2 heterocycles. The van der Waals surface area contributed by atoms with Crippen molar-refractivity contribution in [2.75, 3.05) is 18.8 Å². The lowest BCUT2D eigenvalue weighted by Gasteiger charge is -2.33. The molecule has 4 rings (SSSR count). The fourth-order valence-electron chi connectivity index (χ4n) is 4.56. The number of pyridine rings is 1. The quantitative estimate of drug-likeness (QED) is 0.649. The van der Waals surface area contributed by atoms with Crippen molar-refractivity contribution < 1.29 is 4.79 Å². The standard InChI is InChI=1S/C26H30N4O/c1-2-22-23(21-9-10-25(28)29-17-21)7-4-8-24(22)26(31)30-13-11-19(12-14-30)20-6-3-5-18(15-20)16-27/h3-10,15,17,19H,2,11-14,16,27H2,1H3,(H2,28,29). The molecule has 1 saturated heterocycles. The molecule has 1 aliphatic rings. The summed E-state index contributed by atoms with van der Waals surface area (Å²) < 4.78 is 0. The molecule has 1 fully saturated rings. The van der Waals surface area contributed by atoms with Crippen LogP contribution in [0.25, 0.3) is 11.1 Å². The Morgan fingerprint density at radius 3 is 2.55 bits per heavy atom. The molecule has 0 bridgehead atoms. The van der Waals surface area contributed by atoms with E-state index in [1.807, 2.05) is 23.1 Å². The van der Waals surface area contributed by atoms with Gasteiger partial charge in [0.15, 0.2) is 0 Å². The van der Waals surface area contributed by atoms with Gasteiger partial charge in [0.1, 0.15) is 5.82 Å². The monoisotopic (exact) mass is 414 g/mol. The number of rotatable bonds is 5. The molecular formula is C26H30N4O. The van der Waals surface area contributed by atoms with Crippen LogP contribution < -0.4 is 11.5 Å². The summed E-state index contributed by atoms with van der Waals surface area (Å²) >= 11 is 0. The van der Waals surface area contributed by atoms with Crippen LogP contribution in [0, 0.1) is 0 Å². The molecule has 2 aromatic carbocycles. The van der Waals surface area contributed by atoms with Gasteiger partial charge in [-0.15, -0.1) is 0 Å². The molecule has 1 aromatic heterocycles. The van der Waals surface area contributed by atoms with Gasteiger partial charge >= 0.3 is 0 Å². The number of likely N-dealkylation sites (tertiary alicyclic amines) is 1. The van der Waals surface area contributed by atoms with Gasteiger partial charge < -0.3 is 16.4 Å². The average Bonchev–Trinajstić information content (AvgIpc) is 2.83. The number of carbonyl (C=O) groups is 1. The van der Waals surface area contributed by atoms with Gasteiger partial charge in [-0.1, -0.05) is 43.3 Å². The van der Waals surface area contributed by atoms with Gasteiger partial charge in [0.05, 0.1) is 0 Å². The van der Waals surface area contributed by atoms with Crippen LogP contribution in [0.2, 0.25) is 0 Å². The summed E-state index contributed by atoms with van der Waals surface area (Å²) in [5, 5.41) is 0. The Bertz CT molecular complexity index is 1050. The molecule has 0 saturated carbocycles. The van der Waals surface area contributed by atoms with Gasteiger partial charge in [-0.05, 0) is 65.6 Å². The summed E-state index contributed by atoms with van der Waals surface area (Å²) in [5.41, 5.74) is 17.9. The van der Waals surface area contributed by atoms with E-state index in [4.69, 9.17) is 11.5 Å². The van der Waals surface area contributed by atoms with E-state index in [1.165, 1.54) is 5.56 Å². The molecule has 3 aromatic rings. The largest absolute Gasteiger partial charge is 0.384 e. The topological polar surface area (TPSA) is 85.2 Å². The number of nitrogens with zero attached hydrogens (tertiary/aromatic N) is 2.